The van der Waals surface area contributed by atoms with Crippen LogP contribution in [0, 0.1) is 17.2 Å². The molecule has 14 heavy (non-hydrogen) atoms. The zero-order chi connectivity index (χ0) is 9.80. The molecule has 0 spiro atoms. The van der Waals surface area contributed by atoms with Crippen LogP contribution in [0.5, 0.6) is 0 Å². The molecule has 1 saturated heterocycles. The first-order valence-electron chi connectivity index (χ1n) is 6.04. The van der Waals surface area contributed by atoms with E-state index < -0.39 is 0 Å². The molecule has 0 bridgehead atoms. The van der Waals surface area contributed by atoms with Crippen LogP contribution >= 0.6 is 0 Å². The van der Waals surface area contributed by atoms with Gasteiger partial charge in [-0.2, -0.15) is 5.26 Å². The highest BCUT2D eigenvalue weighted by atomic mass is 15.2. The summed E-state index contributed by atoms with van der Waals surface area (Å²) in [6, 6.07) is 2.72. The highest BCUT2D eigenvalue weighted by molar-refractivity contribution is 4.95. The van der Waals surface area contributed by atoms with E-state index in [9.17, 15) is 0 Å². The van der Waals surface area contributed by atoms with Gasteiger partial charge in [-0.05, 0) is 38.3 Å². The normalized spacial score (nSPS) is 26.5. The summed E-state index contributed by atoms with van der Waals surface area (Å²) in [7, 11) is 0. The van der Waals surface area contributed by atoms with Gasteiger partial charge in [0.05, 0.1) is 12.1 Å². The predicted molar refractivity (Wildman–Crippen MR) is 56.8 cm³/mol. The first-order chi connectivity index (χ1) is 6.90. The van der Waals surface area contributed by atoms with Gasteiger partial charge in [-0.1, -0.05) is 25.7 Å². The lowest BCUT2D eigenvalue weighted by Crippen LogP contribution is -2.32. The van der Waals surface area contributed by atoms with Crippen molar-refractivity contribution in [3.8, 4) is 6.07 Å². The summed E-state index contributed by atoms with van der Waals surface area (Å²) in [6.07, 6.45) is 9.24. The minimum atomic E-state index is 0.223. The van der Waals surface area contributed by atoms with E-state index in [4.69, 9.17) is 5.26 Å². The second-order valence-electron chi connectivity index (χ2n) is 4.77. The third-order valence-corrected chi connectivity index (χ3v) is 3.76. The molecule has 0 amide bonds. The molecule has 78 valence electrons. The van der Waals surface area contributed by atoms with Crippen LogP contribution in [0.3, 0.4) is 0 Å². The summed E-state index contributed by atoms with van der Waals surface area (Å²) >= 11 is 0. The summed E-state index contributed by atoms with van der Waals surface area (Å²) in [6.45, 7) is 2.32. The second-order valence-corrected chi connectivity index (χ2v) is 4.77. The Bertz CT molecular complexity index is 207. The summed E-state index contributed by atoms with van der Waals surface area (Å²) < 4.78 is 0. The number of rotatable bonds is 3. The summed E-state index contributed by atoms with van der Waals surface area (Å²) in [4.78, 5) is 2.39. The molecule has 0 N–H and O–H groups in total. The average molecular weight is 192 g/mol. The Hall–Kier alpha value is -0.550. The Morgan fingerprint density at radius 1 is 1.14 bits per heavy atom. The largest absolute Gasteiger partial charge is 0.288 e. The number of likely N-dealkylation sites (tertiary alicyclic amines) is 1. The van der Waals surface area contributed by atoms with Crippen molar-refractivity contribution in [3.05, 3.63) is 0 Å². The highest BCUT2D eigenvalue weighted by Crippen LogP contribution is 2.30. The smallest absolute Gasteiger partial charge is 0.0980 e. The van der Waals surface area contributed by atoms with E-state index in [1.54, 1.807) is 0 Å². The molecule has 1 unspecified atom stereocenters. The fourth-order valence-electron chi connectivity index (χ4n) is 2.90. The molecule has 2 fully saturated rings. The maximum Gasteiger partial charge on any atom is 0.0980 e. The lowest BCUT2D eigenvalue weighted by molar-refractivity contribution is 0.250. The quantitative estimate of drug-likeness (QED) is 0.687. The van der Waals surface area contributed by atoms with Crippen LogP contribution in [0.1, 0.15) is 44.9 Å². The van der Waals surface area contributed by atoms with Crippen molar-refractivity contribution in [1.82, 2.24) is 4.90 Å². The van der Waals surface area contributed by atoms with Crippen molar-refractivity contribution in [2.45, 2.75) is 51.0 Å². The Labute approximate surface area is 86.9 Å². The molecule has 2 aliphatic rings. The van der Waals surface area contributed by atoms with Crippen LogP contribution < -0.4 is 0 Å². The maximum atomic E-state index is 9.16. The van der Waals surface area contributed by atoms with Crippen molar-refractivity contribution in [3.63, 3.8) is 0 Å². The van der Waals surface area contributed by atoms with E-state index in [2.05, 4.69) is 11.0 Å². The van der Waals surface area contributed by atoms with E-state index in [1.807, 2.05) is 0 Å². The zero-order valence-corrected chi connectivity index (χ0v) is 8.91. The number of nitrogens with zero attached hydrogens (tertiary/aromatic N) is 2. The molecule has 1 atom stereocenters. The molecule has 2 rings (SSSR count). The van der Waals surface area contributed by atoms with Gasteiger partial charge >= 0.3 is 0 Å². The van der Waals surface area contributed by atoms with Crippen molar-refractivity contribution in [2.75, 3.05) is 13.1 Å². The van der Waals surface area contributed by atoms with E-state index in [0.29, 0.717) is 0 Å². The topological polar surface area (TPSA) is 27.0 Å². The second kappa shape index (κ2) is 4.79. The zero-order valence-electron chi connectivity index (χ0n) is 8.91. The van der Waals surface area contributed by atoms with Crippen LogP contribution in [-0.4, -0.2) is 24.0 Å². The first-order valence-corrected chi connectivity index (χ1v) is 6.04. The van der Waals surface area contributed by atoms with Crippen LogP contribution in [-0.2, 0) is 0 Å². The van der Waals surface area contributed by atoms with Crippen molar-refractivity contribution >= 4 is 0 Å². The van der Waals surface area contributed by atoms with Gasteiger partial charge in [0, 0.05) is 0 Å². The Morgan fingerprint density at radius 2 is 1.79 bits per heavy atom. The summed E-state index contributed by atoms with van der Waals surface area (Å²) in [5, 5.41) is 9.16. The number of hydrogen-bond donors (Lipinski definition) is 0. The van der Waals surface area contributed by atoms with Crippen LogP contribution in [0.2, 0.25) is 0 Å². The van der Waals surface area contributed by atoms with Gasteiger partial charge in [0.15, 0.2) is 0 Å². The first kappa shape index (κ1) is 9.98. The molecule has 0 radical (unpaired) electrons. The Kier molecular flexibility index (Phi) is 3.42. The van der Waals surface area contributed by atoms with Gasteiger partial charge in [0.1, 0.15) is 0 Å². The van der Waals surface area contributed by atoms with Gasteiger partial charge in [-0.25, -0.2) is 0 Å². The lowest BCUT2D eigenvalue weighted by Gasteiger charge is -2.23. The Balaban J connectivity index is 1.83. The van der Waals surface area contributed by atoms with E-state index in [0.717, 1.165) is 25.4 Å². The number of hydrogen-bond acceptors (Lipinski definition) is 2. The van der Waals surface area contributed by atoms with Crippen molar-refractivity contribution in [1.29, 1.82) is 5.26 Å². The van der Waals surface area contributed by atoms with Gasteiger partial charge in [-0.3, -0.25) is 4.90 Å². The Morgan fingerprint density at radius 3 is 2.36 bits per heavy atom. The van der Waals surface area contributed by atoms with Gasteiger partial charge in [-0.15, -0.1) is 0 Å². The molecule has 1 aliphatic heterocycles. The molecule has 2 heteroatoms. The van der Waals surface area contributed by atoms with Crippen LogP contribution in [0.4, 0.5) is 0 Å². The molecule has 0 aromatic heterocycles. The minimum Gasteiger partial charge on any atom is -0.288 e. The molecule has 1 heterocycles. The maximum absolute atomic E-state index is 9.16. The molecular formula is C12H20N2. The standard InChI is InChI=1S/C12H20N2/c13-10-12(14-7-3-4-8-14)9-11-5-1-2-6-11/h11-12H,1-9H2. The molecule has 2 nitrogen and oxygen atoms in total. The molecule has 1 saturated carbocycles. The average Bonchev–Trinajstić information content (AvgIpc) is 2.86. The molecular weight excluding hydrogens is 172 g/mol. The van der Waals surface area contributed by atoms with Gasteiger partial charge in [0.2, 0.25) is 0 Å². The van der Waals surface area contributed by atoms with Crippen LogP contribution in [0.25, 0.3) is 0 Å². The summed E-state index contributed by atoms with van der Waals surface area (Å²) in [5.74, 6) is 0.847. The summed E-state index contributed by atoms with van der Waals surface area (Å²) in [5.41, 5.74) is 0. The third-order valence-electron chi connectivity index (χ3n) is 3.76. The fraction of sp³-hybridized carbons (Fsp3) is 0.917. The fourth-order valence-corrected chi connectivity index (χ4v) is 2.90. The molecule has 1 aliphatic carbocycles. The van der Waals surface area contributed by atoms with E-state index in [-0.39, 0.29) is 6.04 Å². The van der Waals surface area contributed by atoms with Crippen molar-refractivity contribution in [2.24, 2.45) is 5.92 Å². The minimum absolute atomic E-state index is 0.223. The van der Waals surface area contributed by atoms with Crippen molar-refractivity contribution < 1.29 is 0 Å². The highest BCUT2D eigenvalue weighted by Gasteiger charge is 2.26. The van der Waals surface area contributed by atoms with Gasteiger partial charge < -0.3 is 0 Å². The lowest BCUT2D eigenvalue weighted by atomic mass is 9.98. The SMILES string of the molecule is N#CC(CC1CCCC1)N1CCCC1. The van der Waals surface area contributed by atoms with Crippen LogP contribution in [0.15, 0.2) is 0 Å². The monoisotopic (exact) mass is 192 g/mol. The third kappa shape index (κ3) is 2.27. The number of nitriles is 1. The van der Waals surface area contributed by atoms with Gasteiger partial charge in [0.25, 0.3) is 0 Å². The molecule has 0 aromatic rings. The van der Waals surface area contributed by atoms with E-state index >= 15 is 0 Å². The van der Waals surface area contributed by atoms with E-state index in [1.165, 1.54) is 38.5 Å². The predicted octanol–water partition coefficient (Wildman–Crippen LogP) is 2.55. The molecule has 0 aromatic carbocycles.